The van der Waals surface area contributed by atoms with Gasteiger partial charge < -0.3 is 10.1 Å². The lowest BCUT2D eigenvalue weighted by molar-refractivity contribution is 0.0974. The Labute approximate surface area is 89.4 Å². The summed E-state index contributed by atoms with van der Waals surface area (Å²) < 4.78 is 5.63. The number of nitrogens with one attached hydrogen (secondary N) is 1. The summed E-state index contributed by atoms with van der Waals surface area (Å²) >= 11 is 0. The van der Waals surface area contributed by atoms with Gasteiger partial charge in [-0.25, -0.2) is 0 Å². The van der Waals surface area contributed by atoms with Gasteiger partial charge in [-0.2, -0.15) is 0 Å². The number of hydrogen-bond acceptors (Lipinski definition) is 2. The molecule has 0 fully saturated rings. The van der Waals surface area contributed by atoms with Crippen LogP contribution in [0.2, 0.25) is 0 Å². The second-order valence-corrected chi connectivity index (χ2v) is 4.27. The van der Waals surface area contributed by atoms with Crippen LogP contribution in [-0.4, -0.2) is 26.3 Å². The van der Waals surface area contributed by atoms with Crippen molar-refractivity contribution in [2.24, 2.45) is 5.92 Å². The van der Waals surface area contributed by atoms with Crippen molar-refractivity contribution in [1.29, 1.82) is 0 Å². The first-order valence-corrected chi connectivity index (χ1v) is 5.97. The van der Waals surface area contributed by atoms with E-state index in [9.17, 15) is 0 Å². The van der Waals surface area contributed by atoms with Gasteiger partial charge in [0.25, 0.3) is 0 Å². The number of likely N-dealkylation sites (N-methyl/N-ethyl adjacent to an activating group) is 1. The van der Waals surface area contributed by atoms with Gasteiger partial charge in [-0.3, -0.25) is 0 Å². The molecular weight excluding hydrogens is 174 g/mol. The van der Waals surface area contributed by atoms with Crippen LogP contribution in [0.5, 0.6) is 0 Å². The maximum absolute atomic E-state index is 5.63. The molecule has 0 bridgehead atoms. The largest absolute Gasteiger partial charge is 0.380 e. The summed E-state index contributed by atoms with van der Waals surface area (Å²) in [7, 11) is 2.01. The highest BCUT2D eigenvalue weighted by molar-refractivity contribution is 4.66. The molecule has 0 amide bonds. The van der Waals surface area contributed by atoms with Crippen LogP contribution < -0.4 is 5.32 Å². The lowest BCUT2D eigenvalue weighted by Gasteiger charge is -2.19. The minimum Gasteiger partial charge on any atom is -0.380 e. The van der Waals surface area contributed by atoms with Crippen LogP contribution >= 0.6 is 0 Å². The standard InChI is InChI=1S/C12H27NO/c1-5-6-7-8-9-14-10-12(13-4)11(2)3/h11-13H,5-10H2,1-4H3. The molecule has 0 aromatic carbocycles. The van der Waals surface area contributed by atoms with Gasteiger partial charge in [0.05, 0.1) is 6.61 Å². The minimum atomic E-state index is 0.501. The summed E-state index contributed by atoms with van der Waals surface area (Å²) in [5.74, 6) is 0.649. The molecule has 0 radical (unpaired) electrons. The molecule has 0 aliphatic heterocycles. The quantitative estimate of drug-likeness (QED) is 0.579. The molecule has 0 aliphatic carbocycles. The summed E-state index contributed by atoms with van der Waals surface area (Å²) in [6, 6.07) is 0.501. The van der Waals surface area contributed by atoms with Crippen molar-refractivity contribution < 1.29 is 4.74 Å². The first-order chi connectivity index (χ1) is 6.72. The Morgan fingerprint density at radius 2 is 1.86 bits per heavy atom. The predicted octanol–water partition coefficient (Wildman–Crippen LogP) is 2.83. The van der Waals surface area contributed by atoms with Crippen molar-refractivity contribution in [1.82, 2.24) is 5.32 Å². The van der Waals surface area contributed by atoms with E-state index in [0.29, 0.717) is 12.0 Å². The molecule has 0 rings (SSSR count). The second-order valence-electron chi connectivity index (χ2n) is 4.27. The van der Waals surface area contributed by atoms with E-state index in [1.807, 2.05) is 7.05 Å². The fraction of sp³-hybridized carbons (Fsp3) is 1.00. The third-order valence-corrected chi connectivity index (χ3v) is 2.62. The predicted molar refractivity (Wildman–Crippen MR) is 62.6 cm³/mol. The van der Waals surface area contributed by atoms with Gasteiger partial charge in [-0.1, -0.05) is 40.0 Å². The first kappa shape index (κ1) is 13.9. The van der Waals surface area contributed by atoms with E-state index in [0.717, 1.165) is 13.2 Å². The van der Waals surface area contributed by atoms with Gasteiger partial charge >= 0.3 is 0 Å². The Bertz CT molecular complexity index is 115. The third kappa shape index (κ3) is 7.34. The van der Waals surface area contributed by atoms with Crippen molar-refractivity contribution in [2.45, 2.75) is 52.5 Å². The lowest BCUT2D eigenvalue weighted by atomic mass is 10.1. The van der Waals surface area contributed by atoms with Crippen LogP contribution in [0.1, 0.15) is 46.5 Å². The zero-order chi connectivity index (χ0) is 10.8. The fourth-order valence-corrected chi connectivity index (χ4v) is 1.45. The van der Waals surface area contributed by atoms with Gasteiger partial charge in [0.15, 0.2) is 0 Å². The summed E-state index contributed by atoms with van der Waals surface area (Å²) in [6.45, 7) is 8.45. The lowest BCUT2D eigenvalue weighted by Crippen LogP contribution is -2.35. The van der Waals surface area contributed by atoms with Crippen molar-refractivity contribution in [3.8, 4) is 0 Å². The Kier molecular flexibility index (Phi) is 9.42. The topological polar surface area (TPSA) is 21.3 Å². The summed E-state index contributed by atoms with van der Waals surface area (Å²) in [6.07, 6.45) is 5.15. The van der Waals surface area contributed by atoms with Crippen molar-refractivity contribution in [3.63, 3.8) is 0 Å². The van der Waals surface area contributed by atoms with E-state index in [2.05, 4.69) is 26.1 Å². The SMILES string of the molecule is CCCCCCOCC(NC)C(C)C. The Morgan fingerprint density at radius 3 is 2.36 bits per heavy atom. The Morgan fingerprint density at radius 1 is 1.14 bits per heavy atom. The van der Waals surface area contributed by atoms with Gasteiger partial charge in [0.1, 0.15) is 0 Å². The van der Waals surface area contributed by atoms with Gasteiger partial charge in [-0.05, 0) is 19.4 Å². The van der Waals surface area contributed by atoms with Crippen LogP contribution in [-0.2, 0) is 4.74 Å². The zero-order valence-electron chi connectivity index (χ0n) is 10.3. The summed E-state index contributed by atoms with van der Waals surface area (Å²) in [5, 5.41) is 3.28. The van der Waals surface area contributed by atoms with Gasteiger partial charge in [-0.15, -0.1) is 0 Å². The van der Waals surface area contributed by atoms with Crippen LogP contribution in [0.15, 0.2) is 0 Å². The molecule has 0 aromatic heterocycles. The first-order valence-electron chi connectivity index (χ1n) is 5.97. The molecule has 0 heterocycles. The molecule has 0 aromatic rings. The van der Waals surface area contributed by atoms with E-state index < -0.39 is 0 Å². The Balaban J connectivity index is 3.25. The molecule has 0 saturated heterocycles. The highest BCUT2D eigenvalue weighted by atomic mass is 16.5. The average Bonchev–Trinajstić information content (AvgIpc) is 2.16. The minimum absolute atomic E-state index is 0.501. The second kappa shape index (κ2) is 9.47. The van der Waals surface area contributed by atoms with E-state index in [-0.39, 0.29) is 0 Å². The molecule has 1 unspecified atom stereocenters. The summed E-state index contributed by atoms with van der Waals surface area (Å²) in [5.41, 5.74) is 0. The Hall–Kier alpha value is -0.0800. The van der Waals surface area contributed by atoms with Crippen LogP contribution in [0.4, 0.5) is 0 Å². The van der Waals surface area contributed by atoms with Crippen molar-refractivity contribution in [2.75, 3.05) is 20.3 Å². The monoisotopic (exact) mass is 201 g/mol. The van der Waals surface area contributed by atoms with Gasteiger partial charge in [0.2, 0.25) is 0 Å². The molecule has 1 N–H and O–H groups in total. The number of ether oxygens (including phenoxy) is 1. The zero-order valence-corrected chi connectivity index (χ0v) is 10.3. The molecule has 1 atom stereocenters. The normalized spacial score (nSPS) is 13.5. The highest BCUT2D eigenvalue weighted by Gasteiger charge is 2.09. The van der Waals surface area contributed by atoms with E-state index >= 15 is 0 Å². The maximum atomic E-state index is 5.63. The van der Waals surface area contributed by atoms with E-state index in [1.54, 1.807) is 0 Å². The maximum Gasteiger partial charge on any atom is 0.0621 e. The van der Waals surface area contributed by atoms with Crippen LogP contribution in [0.3, 0.4) is 0 Å². The number of hydrogen-bond donors (Lipinski definition) is 1. The summed E-state index contributed by atoms with van der Waals surface area (Å²) in [4.78, 5) is 0. The molecule has 2 nitrogen and oxygen atoms in total. The number of rotatable bonds is 9. The van der Waals surface area contributed by atoms with E-state index in [1.165, 1.54) is 25.7 Å². The molecule has 0 aliphatic rings. The third-order valence-electron chi connectivity index (χ3n) is 2.62. The highest BCUT2D eigenvalue weighted by Crippen LogP contribution is 2.03. The van der Waals surface area contributed by atoms with Gasteiger partial charge in [0, 0.05) is 12.6 Å². The van der Waals surface area contributed by atoms with E-state index in [4.69, 9.17) is 4.74 Å². The van der Waals surface area contributed by atoms with Crippen molar-refractivity contribution in [3.05, 3.63) is 0 Å². The molecule has 0 spiro atoms. The molecule has 0 saturated carbocycles. The number of unbranched alkanes of at least 4 members (excludes halogenated alkanes) is 3. The smallest absolute Gasteiger partial charge is 0.0621 e. The van der Waals surface area contributed by atoms with Crippen LogP contribution in [0, 0.1) is 5.92 Å². The molecule has 14 heavy (non-hydrogen) atoms. The molecule has 86 valence electrons. The molecular formula is C12H27NO. The average molecular weight is 201 g/mol. The van der Waals surface area contributed by atoms with Crippen LogP contribution in [0.25, 0.3) is 0 Å². The molecule has 2 heteroatoms. The van der Waals surface area contributed by atoms with Crippen molar-refractivity contribution >= 4 is 0 Å². The fourth-order valence-electron chi connectivity index (χ4n) is 1.45.